The Morgan fingerprint density at radius 2 is 2.04 bits per heavy atom. The Labute approximate surface area is 137 Å². The molecule has 2 saturated heterocycles. The second kappa shape index (κ2) is 7.59. The van der Waals surface area contributed by atoms with Crippen LogP contribution in [0, 0.1) is 0 Å². The number of nitrogens with zero attached hydrogens (tertiary/aromatic N) is 1. The molecular weight excluding hydrogens is 290 g/mol. The molecule has 5 nitrogen and oxygen atoms in total. The quantitative estimate of drug-likeness (QED) is 0.884. The van der Waals surface area contributed by atoms with Crippen molar-refractivity contribution in [2.45, 2.75) is 50.7 Å². The van der Waals surface area contributed by atoms with Crippen LogP contribution in [0.2, 0.25) is 0 Å². The zero-order chi connectivity index (χ0) is 16.1. The Kier molecular flexibility index (Phi) is 5.28. The molecule has 0 unspecified atom stereocenters. The summed E-state index contributed by atoms with van der Waals surface area (Å²) in [6, 6.07) is 10.3. The van der Waals surface area contributed by atoms with Gasteiger partial charge in [0, 0.05) is 25.6 Å². The van der Waals surface area contributed by atoms with E-state index >= 15 is 0 Å². The van der Waals surface area contributed by atoms with Crippen LogP contribution in [-0.2, 0) is 16.1 Å². The third kappa shape index (κ3) is 4.55. The highest BCUT2D eigenvalue weighted by molar-refractivity contribution is 5.88. The van der Waals surface area contributed by atoms with E-state index in [1.165, 1.54) is 5.56 Å². The van der Waals surface area contributed by atoms with Crippen molar-refractivity contribution in [3.8, 4) is 0 Å². The summed E-state index contributed by atoms with van der Waals surface area (Å²) in [6.07, 6.45) is 4.19. The molecule has 124 valence electrons. The first-order valence-corrected chi connectivity index (χ1v) is 8.57. The minimum atomic E-state index is -0.347. The van der Waals surface area contributed by atoms with Crippen molar-refractivity contribution < 1.29 is 9.59 Å². The van der Waals surface area contributed by atoms with Gasteiger partial charge in [-0.05, 0) is 37.8 Å². The van der Waals surface area contributed by atoms with Gasteiger partial charge in [0.1, 0.15) is 6.04 Å². The highest BCUT2D eigenvalue weighted by Gasteiger charge is 2.28. The van der Waals surface area contributed by atoms with Crippen LogP contribution in [0.4, 0.5) is 0 Å². The molecule has 0 bridgehead atoms. The summed E-state index contributed by atoms with van der Waals surface area (Å²) < 4.78 is 0. The van der Waals surface area contributed by atoms with Gasteiger partial charge in [0.25, 0.3) is 0 Å². The number of rotatable bonds is 4. The number of amides is 2. The minimum absolute atomic E-state index is 0.00857. The van der Waals surface area contributed by atoms with E-state index < -0.39 is 0 Å². The number of carbonyl (C=O) groups excluding carboxylic acids is 2. The highest BCUT2D eigenvalue weighted by atomic mass is 16.2. The maximum absolute atomic E-state index is 12.3. The molecule has 1 aromatic rings. The fraction of sp³-hybridized carbons (Fsp3) is 0.556. The van der Waals surface area contributed by atoms with Gasteiger partial charge in [0.05, 0.1) is 0 Å². The predicted octanol–water partition coefficient (Wildman–Crippen LogP) is 1.44. The van der Waals surface area contributed by atoms with E-state index in [1.807, 2.05) is 6.07 Å². The molecule has 5 heteroatoms. The maximum Gasteiger partial charge on any atom is 0.242 e. The number of hydrogen-bond donors (Lipinski definition) is 2. The van der Waals surface area contributed by atoms with E-state index in [2.05, 4.69) is 39.8 Å². The largest absolute Gasteiger partial charge is 0.350 e. The monoisotopic (exact) mass is 315 g/mol. The molecular formula is C18H25N3O2. The lowest BCUT2D eigenvalue weighted by Gasteiger charge is -2.34. The maximum atomic E-state index is 12.3. The van der Waals surface area contributed by atoms with Crippen LogP contribution in [0.15, 0.2) is 30.3 Å². The molecule has 2 aliphatic heterocycles. The summed E-state index contributed by atoms with van der Waals surface area (Å²) >= 11 is 0. The van der Waals surface area contributed by atoms with E-state index in [9.17, 15) is 9.59 Å². The number of benzene rings is 1. The number of piperidine rings is 2. The lowest BCUT2D eigenvalue weighted by molar-refractivity contribution is -0.131. The van der Waals surface area contributed by atoms with Crippen molar-refractivity contribution in [3.05, 3.63) is 35.9 Å². The standard InChI is InChI=1S/C18H25N3O2/c22-17-10-4-9-16(20-17)18(23)19-15-8-5-11-21(13-15)12-14-6-2-1-3-7-14/h1-3,6-7,15-16H,4-5,8-13H2,(H,19,23)(H,20,22)/t15-,16+/m0/s1. The van der Waals surface area contributed by atoms with Crippen LogP contribution in [-0.4, -0.2) is 41.9 Å². The average molecular weight is 315 g/mol. The minimum Gasteiger partial charge on any atom is -0.350 e. The van der Waals surface area contributed by atoms with Gasteiger partial charge in [-0.2, -0.15) is 0 Å². The smallest absolute Gasteiger partial charge is 0.242 e. The van der Waals surface area contributed by atoms with Crippen molar-refractivity contribution >= 4 is 11.8 Å². The van der Waals surface area contributed by atoms with Crippen molar-refractivity contribution in [3.63, 3.8) is 0 Å². The number of likely N-dealkylation sites (tertiary alicyclic amines) is 1. The Bertz CT molecular complexity index is 546. The molecule has 2 atom stereocenters. The third-order valence-corrected chi connectivity index (χ3v) is 4.65. The molecule has 0 saturated carbocycles. The Morgan fingerprint density at radius 1 is 1.22 bits per heavy atom. The highest BCUT2D eigenvalue weighted by Crippen LogP contribution is 2.15. The van der Waals surface area contributed by atoms with E-state index in [0.717, 1.165) is 45.3 Å². The second-order valence-electron chi connectivity index (χ2n) is 6.58. The van der Waals surface area contributed by atoms with Gasteiger partial charge in [-0.25, -0.2) is 0 Å². The van der Waals surface area contributed by atoms with Gasteiger partial charge in [-0.15, -0.1) is 0 Å². The van der Waals surface area contributed by atoms with Crippen molar-refractivity contribution in [1.82, 2.24) is 15.5 Å². The van der Waals surface area contributed by atoms with Gasteiger partial charge in [0.15, 0.2) is 0 Å². The predicted molar refractivity (Wildman–Crippen MR) is 88.7 cm³/mol. The molecule has 2 N–H and O–H groups in total. The van der Waals surface area contributed by atoms with Gasteiger partial charge in [-0.3, -0.25) is 14.5 Å². The third-order valence-electron chi connectivity index (χ3n) is 4.65. The lowest BCUT2D eigenvalue weighted by Crippen LogP contribution is -2.54. The summed E-state index contributed by atoms with van der Waals surface area (Å²) in [5, 5.41) is 5.92. The molecule has 0 spiro atoms. The summed E-state index contributed by atoms with van der Waals surface area (Å²) in [6.45, 7) is 2.87. The Balaban J connectivity index is 1.50. The summed E-state index contributed by atoms with van der Waals surface area (Å²) in [7, 11) is 0. The average Bonchev–Trinajstić information content (AvgIpc) is 2.56. The number of carbonyl (C=O) groups is 2. The number of nitrogens with one attached hydrogen (secondary N) is 2. The van der Waals surface area contributed by atoms with Gasteiger partial charge < -0.3 is 10.6 Å². The first-order valence-electron chi connectivity index (χ1n) is 8.57. The summed E-state index contributed by atoms with van der Waals surface area (Å²) in [5.41, 5.74) is 1.30. The van der Waals surface area contributed by atoms with Crippen molar-refractivity contribution in [1.29, 1.82) is 0 Å². The molecule has 2 aliphatic rings. The molecule has 2 fully saturated rings. The molecule has 23 heavy (non-hydrogen) atoms. The van der Waals surface area contributed by atoms with Crippen molar-refractivity contribution in [2.75, 3.05) is 13.1 Å². The Morgan fingerprint density at radius 3 is 2.83 bits per heavy atom. The van der Waals surface area contributed by atoms with Crippen LogP contribution in [0.1, 0.15) is 37.7 Å². The zero-order valence-electron chi connectivity index (χ0n) is 13.5. The molecule has 3 rings (SSSR count). The van der Waals surface area contributed by atoms with E-state index in [4.69, 9.17) is 0 Å². The fourth-order valence-electron chi connectivity index (χ4n) is 3.46. The van der Waals surface area contributed by atoms with Crippen LogP contribution >= 0.6 is 0 Å². The lowest BCUT2D eigenvalue weighted by atomic mass is 10.0. The summed E-state index contributed by atoms with van der Waals surface area (Å²) in [5.74, 6) is -0.0321. The van der Waals surface area contributed by atoms with Gasteiger partial charge in [0.2, 0.25) is 11.8 Å². The van der Waals surface area contributed by atoms with Crippen molar-refractivity contribution in [2.24, 2.45) is 0 Å². The molecule has 0 aliphatic carbocycles. The normalized spacial score (nSPS) is 25.7. The van der Waals surface area contributed by atoms with Crippen LogP contribution < -0.4 is 10.6 Å². The van der Waals surface area contributed by atoms with Crippen LogP contribution in [0.5, 0.6) is 0 Å². The van der Waals surface area contributed by atoms with Crippen LogP contribution in [0.25, 0.3) is 0 Å². The van der Waals surface area contributed by atoms with E-state index in [-0.39, 0.29) is 23.9 Å². The first-order chi connectivity index (χ1) is 11.2. The molecule has 0 radical (unpaired) electrons. The molecule has 2 heterocycles. The second-order valence-corrected chi connectivity index (χ2v) is 6.58. The van der Waals surface area contributed by atoms with E-state index in [1.54, 1.807) is 0 Å². The first kappa shape index (κ1) is 16.0. The molecule has 1 aromatic carbocycles. The van der Waals surface area contributed by atoms with E-state index in [0.29, 0.717) is 6.42 Å². The Hall–Kier alpha value is -1.88. The summed E-state index contributed by atoms with van der Waals surface area (Å²) in [4.78, 5) is 26.2. The molecule has 2 amide bonds. The fourth-order valence-corrected chi connectivity index (χ4v) is 3.46. The van der Waals surface area contributed by atoms with Gasteiger partial charge >= 0.3 is 0 Å². The topological polar surface area (TPSA) is 61.4 Å². The molecule has 0 aromatic heterocycles. The van der Waals surface area contributed by atoms with Gasteiger partial charge in [-0.1, -0.05) is 30.3 Å². The van der Waals surface area contributed by atoms with Crippen LogP contribution in [0.3, 0.4) is 0 Å². The zero-order valence-corrected chi connectivity index (χ0v) is 13.5. The number of hydrogen-bond acceptors (Lipinski definition) is 3. The SMILES string of the molecule is O=C1CCC[C@H](C(=O)N[C@H]2CCCN(Cc3ccccc3)C2)N1.